The molecule has 0 aromatic heterocycles. The molecular formula is C18H29N3O. The Labute approximate surface area is 134 Å². The summed E-state index contributed by atoms with van der Waals surface area (Å²) in [6.45, 7) is 5.87. The fourth-order valence-corrected chi connectivity index (χ4v) is 3.12. The van der Waals surface area contributed by atoms with Gasteiger partial charge in [0.05, 0.1) is 6.04 Å². The molecule has 1 saturated heterocycles. The number of rotatable bonds is 7. The van der Waals surface area contributed by atoms with Gasteiger partial charge in [0.15, 0.2) is 0 Å². The van der Waals surface area contributed by atoms with E-state index in [-0.39, 0.29) is 11.9 Å². The number of carbonyl (C=O) groups excluding carboxylic acids is 1. The summed E-state index contributed by atoms with van der Waals surface area (Å²) in [5.41, 5.74) is 1.22. The Hall–Kier alpha value is -1.55. The minimum atomic E-state index is 0.0885. The SMILES string of the molecule is CCN1CCCC[C@H]1C(=O)NCCCN(C)c1ccccc1. The van der Waals surface area contributed by atoms with E-state index in [0.717, 1.165) is 39.0 Å². The largest absolute Gasteiger partial charge is 0.375 e. The first-order valence-electron chi connectivity index (χ1n) is 8.50. The summed E-state index contributed by atoms with van der Waals surface area (Å²) in [4.78, 5) is 16.8. The standard InChI is InChI=1S/C18H29N3O/c1-3-21-15-8-7-12-17(21)18(22)19-13-9-14-20(2)16-10-5-4-6-11-16/h4-6,10-11,17H,3,7-9,12-15H2,1-2H3,(H,19,22)/t17-/m0/s1. The van der Waals surface area contributed by atoms with Gasteiger partial charge in [-0.05, 0) is 44.5 Å². The van der Waals surface area contributed by atoms with Crippen LogP contribution in [-0.4, -0.2) is 50.1 Å². The number of anilines is 1. The second-order valence-corrected chi connectivity index (χ2v) is 6.04. The van der Waals surface area contributed by atoms with Crippen LogP contribution in [0.2, 0.25) is 0 Å². The topological polar surface area (TPSA) is 35.6 Å². The van der Waals surface area contributed by atoms with Gasteiger partial charge in [0.1, 0.15) is 0 Å². The number of benzene rings is 1. The van der Waals surface area contributed by atoms with Gasteiger partial charge in [0.25, 0.3) is 0 Å². The molecule has 1 aromatic rings. The van der Waals surface area contributed by atoms with E-state index in [9.17, 15) is 4.79 Å². The Kier molecular flexibility index (Phi) is 6.72. The van der Waals surface area contributed by atoms with Gasteiger partial charge < -0.3 is 10.2 Å². The summed E-state index contributed by atoms with van der Waals surface area (Å²) in [6.07, 6.45) is 4.37. The second kappa shape index (κ2) is 8.79. The first-order chi connectivity index (χ1) is 10.7. The monoisotopic (exact) mass is 303 g/mol. The fraction of sp³-hybridized carbons (Fsp3) is 0.611. The van der Waals surface area contributed by atoms with Gasteiger partial charge in [-0.3, -0.25) is 9.69 Å². The predicted octanol–water partition coefficient (Wildman–Crippen LogP) is 2.50. The van der Waals surface area contributed by atoms with Crippen LogP contribution in [0.1, 0.15) is 32.6 Å². The Morgan fingerprint density at radius 3 is 2.82 bits per heavy atom. The van der Waals surface area contributed by atoms with E-state index < -0.39 is 0 Å². The van der Waals surface area contributed by atoms with E-state index in [0.29, 0.717) is 0 Å². The molecule has 1 N–H and O–H groups in total. The lowest BCUT2D eigenvalue weighted by molar-refractivity contribution is -0.127. The fourth-order valence-electron chi connectivity index (χ4n) is 3.12. The van der Waals surface area contributed by atoms with Crippen LogP contribution in [-0.2, 0) is 4.79 Å². The van der Waals surface area contributed by atoms with Gasteiger partial charge >= 0.3 is 0 Å². The van der Waals surface area contributed by atoms with E-state index in [2.05, 4.69) is 53.4 Å². The molecule has 1 atom stereocenters. The Balaban J connectivity index is 1.68. The molecule has 1 aliphatic heterocycles. The molecule has 0 bridgehead atoms. The van der Waals surface area contributed by atoms with Crippen molar-refractivity contribution in [3.8, 4) is 0 Å². The molecular weight excluding hydrogens is 274 g/mol. The lowest BCUT2D eigenvalue weighted by atomic mass is 10.0. The lowest BCUT2D eigenvalue weighted by Crippen LogP contribution is -2.49. The van der Waals surface area contributed by atoms with Crippen molar-refractivity contribution in [2.75, 3.05) is 38.1 Å². The third-order valence-electron chi connectivity index (χ3n) is 4.49. The highest BCUT2D eigenvalue weighted by atomic mass is 16.2. The van der Waals surface area contributed by atoms with Gasteiger partial charge in [0, 0.05) is 25.8 Å². The van der Waals surface area contributed by atoms with Crippen molar-refractivity contribution in [1.29, 1.82) is 0 Å². The van der Waals surface area contributed by atoms with Crippen LogP contribution in [0.25, 0.3) is 0 Å². The predicted molar refractivity (Wildman–Crippen MR) is 92.2 cm³/mol. The molecule has 122 valence electrons. The second-order valence-electron chi connectivity index (χ2n) is 6.04. The average Bonchev–Trinajstić information content (AvgIpc) is 2.59. The summed E-state index contributed by atoms with van der Waals surface area (Å²) >= 11 is 0. The summed E-state index contributed by atoms with van der Waals surface area (Å²) in [7, 11) is 2.09. The molecule has 4 heteroatoms. The van der Waals surface area contributed by atoms with Gasteiger partial charge in [-0.15, -0.1) is 0 Å². The summed E-state index contributed by atoms with van der Waals surface area (Å²) < 4.78 is 0. The van der Waals surface area contributed by atoms with E-state index >= 15 is 0 Å². The first kappa shape index (κ1) is 16.8. The molecule has 2 rings (SSSR count). The summed E-state index contributed by atoms with van der Waals surface area (Å²) in [5.74, 6) is 0.212. The van der Waals surface area contributed by atoms with E-state index in [4.69, 9.17) is 0 Å². The summed E-state index contributed by atoms with van der Waals surface area (Å²) in [6, 6.07) is 10.4. The number of amides is 1. The van der Waals surface area contributed by atoms with Crippen LogP contribution in [0.5, 0.6) is 0 Å². The number of hydrogen-bond acceptors (Lipinski definition) is 3. The molecule has 1 aromatic carbocycles. The Bertz CT molecular complexity index is 449. The number of likely N-dealkylation sites (tertiary alicyclic amines) is 1. The third kappa shape index (κ3) is 4.73. The van der Waals surface area contributed by atoms with Crippen molar-refractivity contribution >= 4 is 11.6 Å². The smallest absolute Gasteiger partial charge is 0.237 e. The van der Waals surface area contributed by atoms with Crippen LogP contribution in [0, 0.1) is 0 Å². The van der Waals surface area contributed by atoms with Crippen LogP contribution in [0.4, 0.5) is 5.69 Å². The Morgan fingerprint density at radius 2 is 2.09 bits per heavy atom. The number of nitrogens with one attached hydrogen (secondary N) is 1. The van der Waals surface area contributed by atoms with Crippen molar-refractivity contribution in [2.45, 2.75) is 38.6 Å². The normalized spacial score (nSPS) is 18.9. The van der Waals surface area contributed by atoms with Crippen LogP contribution < -0.4 is 10.2 Å². The van der Waals surface area contributed by atoms with Gasteiger partial charge in [-0.1, -0.05) is 31.5 Å². The molecule has 0 aliphatic carbocycles. The van der Waals surface area contributed by atoms with E-state index in [1.807, 2.05) is 6.07 Å². The minimum Gasteiger partial charge on any atom is -0.375 e. The van der Waals surface area contributed by atoms with Crippen LogP contribution >= 0.6 is 0 Å². The quantitative estimate of drug-likeness (QED) is 0.786. The highest BCUT2D eigenvalue weighted by Crippen LogP contribution is 2.16. The number of carbonyl (C=O) groups is 1. The first-order valence-corrected chi connectivity index (χ1v) is 8.50. The molecule has 0 radical (unpaired) electrons. The summed E-state index contributed by atoms with van der Waals surface area (Å²) in [5, 5.41) is 3.12. The van der Waals surface area contributed by atoms with Crippen LogP contribution in [0.15, 0.2) is 30.3 Å². The molecule has 22 heavy (non-hydrogen) atoms. The average molecular weight is 303 g/mol. The van der Waals surface area contributed by atoms with Crippen molar-refractivity contribution in [3.05, 3.63) is 30.3 Å². The molecule has 1 heterocycles. The molecule has 1 amide bonds. The molecule has 0 unspecified atom stereocenters. The van der Waals surface area contributed by atoms with Crippen molar-refractivity contribution in [2.24, 2.45) is 0 Å². The number of piperidine rings is 1. The molecule has 0 saturated carbocycles. The number of likely N-dealkylation sites (N-methyl/N-ethyl adjacent to an activating group) is 1. The van der Waals surface area contributed by atoms with Gasteiger partial charge in [0.2, 0.25) is 5.91 Å². The maximum Gasteiger partial charge on any atom is 0.237 e. The highest BCUT2D eigenvalue weighted by Gasteiger charge is 2.26. The zero-order valence-electron chi connectivity index (χ0n) is 13.9. The molecule has 1 fully saturated rings. The molecule has 1 aliphatic rings. The van der Waals surface area contributed by atoms with Crippen LogP contribution in [0.3, 0.4) is 0 Å². The highest BCUT2D eigenvalue weighted by molar-refractivity contribution is 5.81. The lowest BCUT2D eigenvalue weighted by Gasteiger charge is -2.33. The van der Waals surface area contributed by atoms with Gasteiger partial charge in [-0.2, -0.15) is 0 Å². The Morgan fingerprint density at radius 1 is 1.32 bits per heavy atom. The zero-order chi connectivity index (χ0) is 15.8. The van der Waals surface area contributed by atoms with Gasteiger partial charge in [-0.25, -0.2) is 0 Å². The number of para-hydroxylation sites is 1. The zero-order valence-corrected chi connectivity index (χ0v) is 13.9. The van der Waals surface area contributed by atoms with Crippen molar-refractivity contribution < 1.29 is 4.79 Å². The van der Waals surface area contributed by atoms with E-state index in [1.54, 1.807) is 0 Å². The van der Waals surface area contributed by atoms with E-state index in [1.165, 1.54) is 18.5 Å². The van der Waals surface area contributed by atoms with Crippen molar-refractivity contribution in [1.82, 2.24) is 10.2 Å². The number of hydrogen-bond donors (Lipinski definition) is 1. The molecule has 4 nitrogen and oxygen atoms in total. The molecule has 0 spiro atoms. The minimum absolute atomic E-state index is 0.0885. The number of nitrogens with zero attached hydrogens (tertiary/aromatic N) is 2. The third-order valence-corrected chi connectivity index (χ3v) is 4.49. The van der Waals surface area contributed by atoms with Crippen molar-refractivity contribution in [3.63, 3.8) is 0 Å². The maximum atomic E-state index is 12.3. The maximum absolute atomic E-state index is 12.3.